The molecule has 1 aromatic heterocycles. The lowest BCUT2D eigenvalue weighted by atomic mass is 10.2. The van der Waals surface area contributed by atoms with E-state index >= 15 is 0 Å². The van der Waals surface area contributed by atoms with Crippen molar-refractivity contribution in [3.63, 3.8) is 0 Å². The fourth-order valence-electron chi connectivity index (χ4n) is 2.58. The molecule has 1 amide bonds. The largest absolute Gasteiger partial charge is 0.320 e. The third-order valence-corrected chi connectivity index (χ3v) is 5.14. The summed E-state index contributed by atoms with van der Waals surface area (Å²) in [6.45, 7) is 1.53. The molecule has 1 saturated heterocycles. The Bertz CT molecular complexity index is 722. The van der Waals surface area contributed by atoms with Crippen LogP contribution in [-0.2, 0) is 4.79 Å². The highest BCUT2D eigenvalue weighted by Gasteiger charge is 2.36. The van der Waals surface area contributed by atoms with Gasteiger partial charge in [-0.25, -0.2) is 0 Å². The number of nitrogens with zero attached hydrogens (tertiary/aromatic N) is 3. The van der Waals surface area contributed by atoms with Gasteiger partial charge in [-0.05, 0) is 31.8 Å². The summed E-state index contributed by atoms with van der Waals surface area (Å²) in [4.78, 5) is 21.9. The van der Waals surface area contributed by atoms with E-state index in [1.807, 2.05) is 73.7 Å². The molecule has 1 aliphatic heterocycles. The number of benzene rings is 1. The summed E-state index contributed by atoms with van der Waals surface area (Å²) in [5.41, 5.74) is 2.11. The molecule has 2 aromatic rings. The first-order chi connectivity index (χ1) is 11.6. The molecule has 1 fully saturated rings. The third-order valence-electron chi connectivity index (χ3n) is 3.85. The molecule has 6 heteroatoms. The summed E-state index contributed by atoms with van der Waals surface area (Å²) in [5, 5.41) is -0.0129. The van der Waals surface area contributed by atoms with E-state index in [2.05, 4.69) is 9.88 Å². The summed E-state index contributed by atoms with van der Waals surface area (Å²) < 4.78 is 0. The second kappa shape index (κ2) is 9.04. The van der Waals surface area contributed by atoms with Crippen LogP contribution in [0.5, 0.6) is 0 Å². The second-order valence-electron chi connectivity index (χ2n) is 5.98. The van der Waals surface area contributed by atoms with Gasteiger partial charge in [0.05, 0.1) is 4.91 Å². The highest BCUT2D eigenvalue weighted by Crippen LogP contribution is 2.45. The van der Waals surface area contributed by atoms with Crippen LogP contribution in [0.1, 0.15) is 16.5 Å². The summed E-state index contributed by atoms with van der Waals surface area (Å²) in [6, 6.07) is 13.9. The predicted molar refractivity (Wildman–Crippen MR) is 107 cm³/mol. The molecular weight excluding hydrogens is 354 g/mol. The van der Waals surface area contributed by atoms with Crippen LogP contribution in [0.25, 0.3) is 6.08 Å². The first kappa shape index (κ1) is 19.5. The van der Waals surface area contributed by atoms with Gasteiger partial charge in [0.2, 0.25) is 0 Å². The van der Waals surface area contributed by atoms with Gasteiger partial charge in [0.15, 0.2) is 0 Å². The molecule has 2 heterocycles. The smallest absolute Gasteiger partial charge is 0.261 e. The number of halogens is 1. The van der Waals surface area contributed by atoms with Crippen LogP contribution < -0.4 is 0 Å². The lowest BCUT2D eigenvalue weighted by molar-refractivity contribution is -0.126. The van der Waals surface area contributed by atoms with Gasteiger partial charge in [-0.3, -0.25) is 9.78 Å². The molecule has 0 bridgehead atoms. The Morgan fingerprint density at radius 3 is 2.60 bits per heavy atom. The van der Waals surface area contributed by atoms with Gasteiger partial charge in [-0.15, -0.1) is 12.4 Å². The molecule has 4 nitrogen and oxygen atoms in total. The maximum atomic E-state index is 12.9. The zero-order valence-electron chi connectivity index (χ0n) is 14.3. The Kier molecular flexibility index (Phi) is 7.05. The highest BCUT2D eigenvalue weighted by atomic mass is 35.5. The Morgan fingerprint density at radius 2 is 1.96 bits per heavy atom. The fourth-order valence-corrected chi connectivity index (χ4v) is 3.84. The second-order valence-corrected chi connectivity index (χ2v) is 7.10. The van der Waals surface area contributed by atoms with Crippen molar-refractivity contribution >= 4 is 36.2 Å². The van der Waals surface area contributed by atoms with Crippen molar-refractivity contribution < 1.29 is 4.79 Å². The van der Waals surface area contributed by atoms with Gasteiger partial charge in [0.1, 0.15) is 5.37 Å². The van der Waals surface area contributed by atoms with Crippen molar-refractivity contribution in [2.24, 2.45) is 0 Å². The number of aromatic nitrogens is 1. The summed E-state index contributed by atoms with van der Waals surface area (Å²) in [7, 11) is 4.04. The average molecular weight is 376 g/mol. The number of hydrogen-bond donors (Lipinski definition) is 0. The average Bonchev–Trinajstić information content (AvgIpc) is 2.91. The molecular formula is C19H22ClN3OS. The van der Waals surface area contributed by atoms with Crippen LogP contribution >= 0.6 is 24.2 Å². The number of hydrogen-bond acceptors (Lipinski definition) is 4. The van der Waals surface area contributed by atoms with E-state index < -0.39 is 0 Å². The normalized spacial score (nSPS) is 18.7. The summed E-state index contributed by atoms with van der Waals surface area (Å²) >= 11 is 1.61. The Hall–Kier alpha value is -1.82. The number of likely N-dealkylation sites (N-methyl/N-ethyl adjacent to an activating group) is 1. The van der Waals surface area contributed by atoms with Crippen LogP contribution in [-0.4, -0.2) is 47.9 Å². The van der Waals surface area contributed by atoms with Gasteiger partial charge in [-0.2, -0.15) is 0 Å². The highest BCUT2D eigenvalue weighted by molar-refractivity contribution is 8.04. The summed E-state index contributed by atoms with van der Waals surface area (Å²) in [6.07, 6.45) is 5.58. The number of pyridine rings is 1. The van der Waals surface area contributed by atoms with E-state index in [0.29, 0.717) is 6.54 Å². The molecule has 25 heavy (non-hydrogen) atoms. The van der Waals surface area contributed by atoms with Crippen LogP contribution in [0, 0.1) is 0 Å². The number of carbonyl (C=O) groups is 1. The molecule has 3 rings (SSSR count). The zero-order valence-corrected chi connectivity index (χ0v) is 16.0. The molecule has 1 unspecified atom stereocenters. The minimum atomic E-state index is -0.0129. The standard InChI is InChI=1S/C19H21N3OS.ClH/c1-21(2)11-12-22-18(23)17(13-15-7-4-3-5-8-15)24-19(22)16-9-6-10-20-14-16;/h3-10,13-14,19H,11-12H2,1-2H3;1H. The maximum Gasteiger partial charge on any atom is 0.261 e. The van der Waals surface area contributed by atoms with E-state index in [4.69, 9.17) is 0 Å². The van der Waals surface area contributed by atoms with Gasteiger partial charge >= 0.3 is 0 Å². The molecule has 132 valence electrons. The monoisotopic (exact) mass is 375 g/mol. The quantitative estimate of drug-likeness (QED) is 0.747. The van der Waals surface area contributed by atoms with Crippen LogP contribution in [0.2, 0.25) is 0 Å². The van der Waals surface area contributed by atoms with Gasteiger partial charge < -0.3 is 9.80 Å². The van der Waals surface area contributed by atoms with Crippen molar-refractivity contribution in [3.8, 4) is 0 Å². The van der Waals surface area contributed by atoms with Crippen LogP contribution in [0.4, 0.5) is 0 Å². The van der Waals surface area contributed by atoms with Crippen molar-refractivity contribution in [2.45, 2.75) is 5.37 Å². The van der Waals surface area contributed by atoms with Gasteiger partial charge in [-0.1, -0.05) is 48.2 Å². The fraction of sp³-hybridized carbons (Fsp3) is 0.263. The van der Waals surface area contributed by atoms with Gasteiger partial charge in [0, 0.05) is 31.0 Å². The van der Waals surface area contributed by atoms with Crippen molar-refractivity contribution in [2.75, 3.05) is 27.2 Å². The van der Waals surface area contributed by atoms with E-state index in [1.54, 1.807) is 18.0 Å². The maximum absolute atomic E-state index is 12.9. The minimum absolute atomic E-state index is 0. The van der Waals surface area contributed by atoms with Crippen molar-refractivity contribution in [1.29, 1.82) is 0 Å². The Labute approximate surface area is 159 Å². The molecule has 0 aliphatic carbocycles. The lowest BCUT2D eigenvalue weighted by Gasteiger charge is -2.24. The number of amides is 1. The molecule has 0 N–H and O–H groups in total. The van der Waals surface area contributed by atoms with Crippen LogP contribution in [0.15, 0.2) is 59.8 Å². The molecule has 1 atom stereocenters. The third kappa shape index (κ3) is 4.84. The number of carbonyl (C=O) groups excluding carboxylic acids is 1. The predicted octanol–water partition coefficient (Wildman–Crippen LogP) is 3.68. The first-order valence-electron chi connectivity index (χ1n) is 7.94. The minimum Gasteiger partial charge on any atom is -0.320 e. The lowest BCUT2D eigenvalue weighted by Crippen LogP contribution is -2.34. The molecule has 1 aliphatic rings. The topological polar surface area (TPSA) is 36.4 Å². The molecule has 0 radical (unpaired) electrons. The van der Waals surface area contributed by atoms with Gasteiger partial charge in [0.25, 0.3) is 5.91 Å². The SMILES string of the molecule is CN(C)CCN1C(=O)C(=Cc2ccccc2)SC1c1cccnc1.Cl. The number of rotatable bonds is 5. The van der Waals surface area contributed by atoms with Crippen molar-refractivity contribution in [1.82, 2.24) is 14.8 Å². The molecule has 1 aromatic carbocycles. The Morgan fingerprint density at radius 1 is 1.20 bits per heavy atom. The van der Waals surface area contributed by atoms with E-state index in [9.17, 15) is 4.79 Å². The first-order valence-corrected chi connectivity index (χ1v) is 8.82. The van der Waals surface area contributed by atoms with E-state index in [-0.39, 0.29) is 23.7 Å². The van der Waals surface area contributed by atoms with Crippen molar-refractivity contribution in [3.05, 3.63) is 70.9 Å². The molecule has 0 spiro atoms. The molecule has 0 saturated carbocycles. The summed E-state index contributed by atoms with van der Waals surface area (Å²) in [5.74, 6) is 0.0968. The Balaban J connectivity index is 0.00000225. The van der Waals surface area contributed by atoms with E-state index in [1.165, 1.54) is 0 Å². The zero-order chi connectivity index (χ0) is 16.9. The van der Waals surface area contributed by atoms with E-state index in [0.717, 1.165) is 22.6 Å². The number of thioether (sulfide) groups is 1. The van der Waals surface area contributed by atoms with Crippen LogP contribution in [0.3, 0.4) is 0 Å².